The number of carbonyl (C=O) groups is 3. The summed E-state index contributed by atoms with van der Waals surface area (Å²) in [5, 5.41) is 17.4. The van der Waals surface area contributed by atoms with E-state index in [-0.39, 0.29) is 13.0 Å². The summed E-state index contributed by atoms with van der Waals surface area (Å²) >= 11 is 4.64. The van der Waals surface area contributed by atoms with Crippen LogP contribution in [0.5, 0.6) is 0 Å². The summed E-state index contributed by atoms with van der Waals surface area (Å²) in [6, 6.07) is 21.8. The van der Waals surface area contributed by atoms with Crippen LogP contribution in [0.25, 0.3) is 10.6 Å². The van der Waals surface area contributed by atoms with Crippen molar-refractivity contribution in [2.75, 3.05) is 17.2 Å². The molecule has 1 unspecified atom stereocenters. The number of nitrogens with zero attached hydrogens (tertiary/aromatic N) is 2. The van der Waals surface area contributed by atoms with Crippen LogP contribution in [0.15, 0.2) is 83.3 Å². The zero-order chi connectivity index (χ0) is 26.9. The monoisotopic (exact) mass is 593 g/mol. The van der Waals surface area contributed by atoms with Crippen molar-refractivity contribution in [2.24, 2.45) is 0 Å². The highest BCUT2D eigenvalue weighted by molar-refractivity contribution is 9.10. The Morgan fingerprint density at radius 2 is 1.63 bits per heavy atom. The summed E-state index contributed by atoms with van der Waals surface area (Å²) < 4.78 is 5.92. The van der Waals surface area contributed by atoms with E-state index >= 15 is 0 Å². The van der Waals surface area contributed by atoms with Crippen molar-refractivity contribution in [3.63, 3.8) is 0 Å². The first kappa shape index (κ1) is 27.0. The average Bonchev–Trinajstić information content (AvgIpc) is 3.38. The molecular formula is C27H24BrN5O4S. The topological polar surface area (TPSA) is 122 Å². The molecule has 1 heterocycles. The fourth-order valence-electron chi connectivity index (χ4n) is 3.46. The quantitative estimate of drug-likeness (QED) is 0.220. The fraction of sp³-hybridized carbons (Fsp3) is 0.148. The number of nitrogens with one attached hydrogen (secondary N) is 3. The molecule has 0 spiro atoms. The summed E-state index contributed by atoms with van der Waals surface area (Å²) in [6.07, 6.45) is 0.264. The van der Waals surface area contributed by atoms with Gasteiger partial charge in [0.2, 0.25) is 11.0 Å². The van der Waals surface area contributed by atoms with Gasteiger partial charge < -0.3 is 15.4 Å². The fourth-order valence-corrected chi connectivity index (χ4v) is 4.48. The number of carbonyl (C=O) groups excluding carboxylic acids is 3. The lowest BCUT2D eigenvalue weighted by atomic mass is 10.1. The summed E-state index contributed by atoms with van der Waals surface area (Å²) in [7, 11) is 0. The highest BCUT2D eigenvalue weighted by atomic mass is 79.9. The van der Waals surface area contributed by atoms with Gasteiger partial charge in [0.05, 0.1) is 12.2 Å². The molecular weight excluding hydrogens is 570 g/mol. The summed E-state index contributed by atoms with van der Waals surface area (Å²) in [6.45, 7) is 2.00. The Morgan fingerprint density at radius 1 is 0.921 bits per heavy atom. The third-order valence-corrected chi connectivity index (χ3v) is 6.72. The number of rotatable bonds is 9. The second-order valence-corrected chi connectivity index (χ2v) is 9.94. The number of halogens is 1. The molecule has 0 bridgehead atoms. The van der Waals surface area contributed by atoms with E-state index in [2.05, 4.69) is 42.1 Å². The molecule has 0 fully saturated rings. The Labute approximate surface area is 231 Å². The minimum atomic E-state index is -0.892. The largest absolute Gasteiger partial charge is 0.462 e. The smallest absolute Gasteiger partial charge is 0.338 e. The molecule has 4 rings (SSSR count). The third kappa shape index (κ3) is 7.46. The number of benzene rings is 3. The number of hydrogen-bond acceptors (Lipinski definition) is 7. The normalized spacial score (nSPS) is 11.3. The predicted molar refractivity (Wildman–Crippen MR) is 150 cm³/mol. The lowest BCUT2D eigenvalue weighted by Gasteiger charge is -2.18. The zero-order valence-electron chi connectivity index (χ0n) is 20.3. The standard InChI is InChI=1S/C27H24BrN5O4S/c1-2-37-25(35)19-10-14-21(15-11-19)29-26(36)30-22(16-17-6-4-3-5-7-17)23(34)31-27-33-32-24(38-27)18-8-12-20(28)13-9-18/h3-15,22H,2,16H2,1H3,(H2,29,30,36)(H,31,33,34). The van der Waals surface area contributed by atoms with Gasteiger partial charge in [-0.25, -0.2) is 9.59 Å². The van der Waals surface area contributed by atoms with Crippen molar-refractivity contribution in [1.29, 1.82) is 0 Å². The molecule has 194 valence electrons. The van der Waals surface area contributed by atoms with Crippen LogP contribution in [0.4, 0.5) is 15.6 Å². The summed E-state index contributed by atoms with van der Waals surface area (Å²) in [5.41, 5.74) is 2.58. The minimum absolute atomic E-state index is 0.264. The number of amides is 3. The zero-order valence-corrected chi connectivity index (χ0v) is 22.7. The van der Waals surface area contributed by atoms with Gasteiger partial charge in [0, 0.05) is 22.1 Å². The third-order valence-electron chi connectivity index (χ3n) is 5.30. The van der Waals surface area contributed by atoms with Crippen LogP contribution in [0, 0.1) is 0 Å². The number of aromatic nitrogens is 2. The van der Waals surface area contributed by atoms with Crippen LogP contribution in [0.3, 0.4) is 0 Å². The van der Waals surface area contributed by atoms with Gasteiger partial charge in [0.1, 0.15) is 11.0 Å². The molecule has 3 aromatic carbocycles. The molecule has 3 amide bonds. The molecule has 38 heavy (non-hydrogen) atoms. The Morgan fingerprint density at radius 3 is 2.32 bits per heavy atom. The van der Waals surface area contributed by atoms with E-state index in [9.17, 15) is 14.4 Å². The van der Waals surface area contributed by atoms with E-state index in [0.717, 1.165) is 15.6 Å². The first-order chi connectivity index (χ1) is 18.4. The van der Waals surface area contributed by atoms with Gasteiger partial charge in [0.15, 0.2) is 0 Å². The van der Waals surface area contributed by atoms with Crippen LogP contribution < -0.4 is 16.0 Å². The Balaban J connectivity index is 1.44. The van der Waals surface area contributed by atoms with Crippen molar-refractivity contribution < 1.29 is 19.1 Å². The van der Waals surface area contributed by atoms with Gasteiger partial charge in [-0.3, -0.25) is 10.1 Å². The second-order valence-electron chi connectivity index (χ2n) is 8.05. The van der Waals surface area contributed by atoms with Crippen molar-refractivity contribution in [2.45, 2.75) is 19.4 Å². The Kier molecular flexibility index (Phi) is 9.17. The number of esters is 1. The van der Waals surface area contributed by atoms with Crippen LogP contribution in [0.2, 0.25) is 0 Å². The van der Waals surface area contributed by atoms with Crippen LogP contribution in [-0.4, -0.2) is 40.8 Å². The van der Waals surface area contributed by atoms with Crippen molar-refractivity contribution in [1.82, 2.24) is 15.5 Å². The minimum Gasteiger partial charge on any atom is -0.462 e. The maximum Gasteiger partial charge on any atom is 0.338 e. The predicted octanol–water partition coefficient (Wildman–Crippen LogP) is 5.52. The second kappa shape index (κ2) is 12.9. The number of hydrogen-bond donors (Lipinski definition) is 3. The highest BCUT2D eigenvalue weighted by Crippen LogP contribution is 2.27. The number of anilines is 2. The lowest BCUT2D eigenvalue weighted by Crippen LogP contribution is -2.46. The molecule has 9 nitrogen and oxygen atoms in total. The molecule has 0 aliphatic carbocycles. The highest BCUT2D eigenvalue weighted by Gasteiger charge is 2.23. The molecule has 11 heteroatoms. The van der Waals surface area contributed by atoms with E-state index in [0.29, 0.717) is 21.4 Å². The van der Waals surface area contributed by atoms with E-state index in [1.54, 1.807) is 31.2 Å². The van der Waals surface area contributed by atoms with Crippen LogP contribution >= 0.6 is 27.3 Å². The molecule has 0 aliphatic rings. The molecule has 1 aromatic heterocycles. The SMILES string of the molecule is CCOC(=O)c1ccc(NC(=O)NC(Cc2ccccc2)C(=O)Nc2nnc(-c3ccc(Br)cc3)s2)cc1. The number of urea groups is 1. The summed E-state index contributed by atoms with van der Waals surface area (Å²) in [4.78, 5) is 37.8. The van der Waals surface area contributed by atoms with Crippen molar-refractivity contribution in [3.05, 3.63) is 94.5 Å². The average molecular weight is 594 g/mol. The first-order valence-electron chi connectivity index (χ1n) is 11.7. The molecule has 0 radical (unpaired) electrons. The Hall–Kier alpha value is -4.09. The molecule has 0 saturated heterocycles. The van der Waals surface area contributed by atoms with Gasteiger partial charge in [-0.05, 0) is 48.9 Å². The van der Waals surface area contributed by atoms with E-state index in [4.69, 9.17) is 4.74 Å². The van der Waals surface area contributed by atoms with E-state index in [1.807, 2.05) is 54.6 Å². The van der Waals surface area contributed by atoms with E-state index in [1.165, 1.54) is 11.3 Å². The van der Waals surface area contributed by atoms with Crippen molar-refractivity contribution in [3.8, 4) is 10.6 Å². The number of ether oxygens (including phenoxy) is 1. The maximum absolute atomic E-state index is 13.2. The maximum atomic E-state index is 13.2. The van der Waals surface area contributed by atoms with Gasteiger partial charge >= 0.3 is 12.0 Å². The molecule has 0 saturated carbocycles. The molecule has 3 N–H and O–H groups in total. The first-order valence-corrected chi connectivity index (χ1v) is 13.3. The molecule has 0 aliphatic heterocycles. The summed E-state index contributed by atoms with van der Waals surface area (Å²) in [5.74, 6) is -0.872. The van der Waals surface area contributed by atoms with E-state index < -0.39 is 23.9 Å². The Bertz CT molecular complexity index is 1400. The van der Waals surface area contributed by atoms with Gasteiger partial charge in [-0.15, -0.1) is 10.2 Å². The van der Waals surface area contributed by atoms with Crippen molar-refractivity contribution >= 4 is 56.0 Å². The molecule has 4 aromatic rings. The van der Waals surface area contributed by atoms with Crippen LogP contribution in [-0.2, 0) is 16.0 Å². The van der Waals surface area contributed by atoms with Crippen LogP contribution in [0.1, 0.15) is 22.8 Å². The van der Waals surface area contributed by atoms with Gasteiger partial charge in [-0.2, -0.15) is 0 Å². The lowest BCUT2D eigenvalue weighted by molar-refractivity contribution is -0.117. The van der Waals surface area contributed by atoms with Gasteiger partial charge in [0.25, 0.3) is 0 Å². The van der Waals surface area contributed by atoms with Gasteiger partial charge in [-0.1, -0.05) is 69.7 Å². The molecule has 1 atom stereocenters.